The predicted octanol–water partition coefficient (Wildman–Crippen LogP) is 4.58. The van der Waals surface area contributed by atoms with Crippen LogP contribution in [-0.4, -0.2) is 13.1 Å². The molecule has 0 amide bonds. The largest absolute Gasteiger partial charge is 0.493 e. The Hall–Kier alpha value is -2.29. The third-order valence-corrected chi connectivity index (χ3v) is 3.73. The van der Waals surface area contributed by atoms with Crippen LogP contribution < -0.4 is 9.47 Å². The smallest absolute Gasteiger partial charge is 0.311 e. The maximum atomic E-state index is 12.1. The van der Waals surface area contributed by atoms with Crippen LogP contribution in [0, 0.1) is 0 Å². The molecule has 0 aliphatic carbocycles. The van der Waals surface area contributed by atoms with Crippen LogP contribution in [0.15, 0.2) is 48.5 Å². The number of carbonyl (C=O) groups excluding carboxylic acids is 1. The normalized spacial score (nSPS) is 10.3. The highest BCUT2D eigenvalue weighted by molar-refractivity contribution is 5.73. The van der Waals surface area contributed by atoms with E-state index >= 15 is 0 Å². The Morgan fingerprint density at radius 3 is 2.43 bits per heavy atom. The summed E-state index contributed by atoms with van der Waals surface area (Å²) in [5.74, 6) is 0.872. The van der Waals surface area contributed by atoms with Gasteiger partial charge < -0.3 is 9.47 Å². The fourth-order valence-electron chi connectivity index (χ4n) is 2.40. The first-order valence-corrected chi connectivity index (χ1v) is 8.14. The standard InChI is InChI=1S/C20H24O3/c1-3-4-8-17-11-13-18(22-2)19(15-17)23-20(21)14-12-16-9-6-5-7-10-16/h5-7,9-11,13,15H,3-4,8,12,14H2,1-2H3. The molecule has 0 unspecified atom stereocenters. The van der Waals surface area contributed by atoms with E-state index < -0.39 is 0 Å². The third kappa shape index (κ3) is 5.44. The van der Waals surface area contributed by atoms with Crippen LogP contribution in [0.1, 0.15) is 37.3 Å². The van der Waals surface area contributed by atoms with Gasteiger partial charge in [0, 0.05) is 6.42 Å². The summed E-state index contributed by atoms with van der Waals surface area (Å²) in [6, 6.07) is 15.7. The van der Waals surface area contributed by atoms with Gasteiger partial charge in [0.1, 0.15) is 0 Å². The fourth-order valence-corrected chi connectivity index (χ4v) is 2.40. The van der Waals surface area contributed by atoms with Crippen LogP contribution in [0.3, 0.4) is 0 Å². The van der Waals surface area contributed by atoms with Crippen LogP contribution in [-0.2, 0) is 17.6 Å². The number of methoxy groups -OCH3 is 1. The highest BCUT2D eigenvalue weighted by Gasteiger charge is 2.11. The molecule has 0 N–H and O–H groups in total. The zero-order valence-corrected chi connectivity index (χ0v) is 13.9. The Morgan fingerprint density at radius 1 is 0.957 bits per heavy atom. The van der Waals surface area contributed by atoms with E-state index in [1.807, 2.05) is 48.5 Å². The number of carbonyl (C=O) groups is 1. The summed E-state index contributed by atoms with van der Waals surface area (Å²) in [7, 11) is 1.59. The zero-order chi connectivity index (χ0) is 16.5. The number of hydrogen-bond donors (Lipinski definition) is 0. The monoisotopic (exact) mass is 312 g/mol. The van der Waals surface area contributed by atoms with E-state index in [1.165, 1.54) is 5.56 Å². The summed E-state index contributed by atoms with van der Waals surface area (Å²) in [6.45, 7) is 2.16. The SMILES string of the molecule is CCCCc1ccc(OC)c(OC(=O)CCc2ccccc2)c1. The molecule has 0 saturated heterocycles. The molecule has 3 heteroatoms. The Bertz CT molecular complexity index is 620. The summed E-state index contributed by atoms with van der Waals surface area (Å²) >= 11 is 0. The number of aryl methyl sites for hydroxylation is 2. The number of ether oxygens (including phenoxy) is 2. The van der Waals surface area contributed by atoms with Gasteiger partial charge in [-0.25, -0.2) is 0 Å². The molecular formula is C20H24O3. The van der Waals surface area contributed by atoms with E-state index in [-0.39, 0.29) is 5.97 Å². The van der Waals surface area contributed by atoms with Gasteiger partial charge in [-0.1, -0.05) is 49.7 Å². The van der Waals surface area contributed by atoms with Crippen LogP contribution in [0.5, 0.6) is 11.5 Å². The first-order valence-electron chi connectivity index (χ1n) is 8.14. The summed E-state index contributed by atoms with van der Waals surface area (Å²) < 4.78 is 10.8. The van der Waals surface area contributed by atoms with Gasteiger partial charge in [-0.3, -0.25) is 4.79 Å². The minimum atomic E-state index is -0.236. The molecule has 0 heterocycles. The lowest BCUT2D eigenvalue weighted by molar-refractivity contribution is -0.134. The summed E-state index contributed by atoms with van der Waals surface area (Å²) in [5, 5.41) is 0. The highest BCUT2D eigenvalue weighted by atomic mass is 16.6. The molecular weight excluding hydrogens is 288 g/mol. The molecule has 0 aliphatic heterocycles. The van der Waals surface area contributed by atoms with Crippen LogP contribution in [0.2, 0.25) is 0 Å². The van der Waals surface area contributed by atoms with E-state index in [2.05, 4.69) is 6.92 Å². The highest BCUT2D eigenvalue weighted by Crippen LogP contribution is 2.29. The molecule has 0 aromatic heterocycles. The summed E-state index contributed by atoms with van der Waals surface area (Å²) in [6.07, 6.45) is 4.27. The number of benzene rings is 2. The van der Waals surface area contributed by atoms with Crippen molar-refractivity contribution in [3.63, 3.8) is 0 Å². The van der Waals surface area contributed by atoms with Crippen LogP contribution in [0.25, 0.3) is 0 Å². The number of unbranched alkanes of at least 4 members (excludes halogenated alkanes) is 1. The van der Waals surface area contributed by atoms with Crippen molar-refractivity contribution in [3.05, 3.63) is 59.7 Å². The van der Waals surface area contributed by atoms with Crippen molar-refractivity contribution in [2.45, 2.75) is 39.0 Å². The summed E-state index contributed by atoms with van der Waals surface area (Å²) in [5.41, 5.74) is 2.30. The maximum Gasteiger partial charge on any atom is 0.311 e. The van der Waals surface area contributed by atoms with Gasteiger partial charge in [0.05, 0.1) is 7.11 Å². The van der Waals surface area contributed by atoms with E-state index in [4.69, 9.17) is 9.47 Å². The van der Waals surface area contributed by atoms with Gasteiger partial charge in [-0.05, 0) is 42.5 Å². The molecule has 2 aromatic carbocycles. The fraction of sp³-hybridized carbons (Fsp3) is 0.350. The molecule has 0 fully saturated rings. The van der Waals surface area contributed by atoms with Gasteiger partial charge in [-0.2, -0.15) is 0 Å². The van der Waals surface area contributed by atoms with Crippen LogP contribution >= 0.6 is 0 Å². The third-order valence-electron chi connectivity index (χ3n) is 3.73. The first-order chi connectivity index (χ1) is 11.2. The van der Waals surface area contributed by atoms with Crippen molar-refractivity contribution in [2.75, 3.05) is 7.11 Å². The Labute approximate surface area is 138 Å². The van der Waals surface area contributed by atoms with E-state index in [0.717, 1.165) is 24.8 Å². The molecule has 0 radical (unpaired) electrons. The van der Waals surface area contributed by atoms with E-state index in [1.54, 1.807) is 7.11 Å². The Morgan fingerprint density at radius 2 is 1.74 bits per heavy atom. The topological polar surface area (TPSA) is 35.5 Å². The minimum Gasteiger partial charge on any atom is -0.493 e. The molecule has 0 aliphatic rings. The molecule has 0 spiro atoms. The van der Waals surface area contributed by atoms with Gasteiger partial charge >= 0.3 is 5.97 Å². The van der Waals surface area contributed by atoms with Crippen molar-refractivity contribution in [2.24, 2.45) is 0 Å². The maximum absolute atomic E-state index is 12.1. The molecule has 0 bridgehead atoms. The second-order valence-electron chi connectivity index (χ2n) is 5.55. The minimum absolute atomic E-state index is 0.236. The van der Waals surface area contributed by atoms with Crippen molar-refractivity contribution >= 4 is 5.97 Å². The van der Waals surface area contributed by atoms with Crippen molar-refractivity contribution in [1.29, 1.82) is 0 Å². The lowest BCUT2D eigenvalue weighted by Gasteiger charge is -2.11. The van der Waals surface area contributed by atoms with Gasteiger partial charge in [0.2, 0.25) is 0 Å². The molecule has 122 valence electrons. The molecule has 0 saturated carbocycles. The average Bonchev–Trinajstić information content (AvgIpc) is 2.59. The predicted molar refractivity (Wildman–Crippen MR) is 92.0 cm³/mol. The quantitative estimate of drug-likeness (QED) is 0.529. The van der Waals surface area contributed by atoms with Gasteiger partial charge in [-0.15, -0.1) is 0 Å². The molecule has 2 rings (SSSR count). The number of rotatable bonds is 8. The van der Waals surface area contributed by atoms with Crippen molar-refractivity contribution in [3.8, 4) is 11.5 Å². The molecule has 0 atom stereocenters. The number of esters is 1. The van der Waals surface area contributed by atoms with E-state index in [0.29, 0.717) is 24.3 Å². The average molecular weight is 312 g/mol. The molecule has 2 aromatic rings. The molecule has 3 nitrogen and oxygen atoms in total. The van der Waals surface area contributed by atoms with Crippen molar-refractivity contribution < 1.29 is 14.3 Å². The molecule has 23 heavy (non-hydrogen) atoms. The second kappa shape index (κ2) is 8.99. The Balaban J connectivity index is 1.98. The van der Waals surface area contributed by atoms with E-state index in [9.17, 15) is 4.79 Å². The number of hydrogen-bond acceptors (Lipinski definition) is 3. The first kappa shape index (κ1) is 17.1. The van der Waals surface area contributed by atoms with Gasteiger partial charge in [0.25, 0.3) is 0 Å². The lowest BCUT2D eigenvalue weighted by atomic mass is 10.1. The second-order valence-corrected chi connectivity index (χ2v) is 5.55. The van der Waals surface area contributed by atoms with Crippen molar-refractivity contribution in [1.82, 2.24) is 0 Å². The Kier molecular flexibility index (Phi) is 6.67. The zero-order valence-electron chi connectivity index (χ0n) is 13.9. The van der Waals surface area contributed by atoms with Crippen LogP contribution in [0.4, 0.5) is 0 Å². The van der Waals surface area contributed by atoms with Gasteiger partial charge in [0.15, 0.2) is 11.5 Å². The lowest BCUT2D eigenvalue weighted by Crippen LogP contribution is -2.10. The summed E-state index contributed by atoms with van der Waals surface area (Å²) in [4.78, 5) is 12.1.